The van der Waals surface area contributed by atoms with Gasteiger partial charge in [-0.15, -0.1) is 0 Å². The number of hydrogen-bond donors (Lipinski definition) is 6. The van der Waals surface area contributed by atoms with E-state index < -0.39 is 73.8 Å². The fourth-order valence-corrected chi connectivity index (χ4v) is 7.79. The molecule has 0 bridgehead atoms. The number of sulfonamides is 1. The molecule has 2 aromatic rings. The van der Waals surface area contributed by atoms with E-state index in [1.165, 1.54) is 17.0 Å². The number of aliphatic hydroxyl groups is 3. The minimum Gasteiger partial charge on any atom is -0.510 e. The van der Waals surface area contributed by atoms with E-state index in [1.54, 1.807) is 51.3 Å². The van der Waals surface area contributed by atoms with E-state index >= 15 is 0 Å². The summed E-state index contributed by atoms with van der Waals surface area (Å²) < 4.78 is 27.7. The third kappa shape index (κ3) is 5.35. The van der Waals surface area contributed by atoms with Crippen LogP contribution in [0.1, 0.15) is 33.5 Å². The molecule has 47 heavy (non-hydrogen) atoms. The molecule has 0 aromatic heterocycles. The molecular formula is C33H36N4O9S. The van der Waals surface area contributed by atoms with Crippen molar-refractivity contribution in [1.29, 1.82) is 0 Å². The zero-order valence-corrected chi connectivity index (χ0v) is 27.3. The molecule has 0 unspecified atom stereocenters. The van der Waals surface area contributed by atoms with E-state index in [1.807, 2.05) is 6.92 Å². The Hall–Kier alpha value is -4.68. The number of likely N-dealkylation sites (N-methyl/N-ethyl adjacent to an activating group) is 1. The molecule has 4 atom stereocenters. The molecule has 3 aliphatic rings. The second kappa shape index (κ2) is 11.8. The zero-order chi connectivity index (χ0) is 34.7. The Bertz CT molecular complexity index is 1950. The van der Waals surface area contributed by atoms with E-state index in [0.29, 0.717) is 11.3 Å². The van der Waals surface area contributed by atoms with Crippen LogP contribution in [0.4, 0.5) is 5.69 Å². The lowest BCUT2D eigenvalue weighted by molar-refractivity contribution is -0.148. The number of aliphatic hydroxyl groups excluding tert-OH is 2. The fraction of sp³-hybridized carbons (Fsp3) is 0.364. The lowest BCUT2D eigenvalue weighted by Gasteiger charge is -2.50. The van der Waals surface area contributed by atoms with Crippen molar-refractivity contribution in [3.05, 3.63) is 75.3 Å². The molecule has 248 valence electrons. The standard InChI is InChI=1S/C33H36N4O9S/c1-16-8-10-19(11-9-16)47(45,46)35-12-6-7-17-15-22(36(2)3)20-13-18-14-21-26(37(4)5)29(40)25(32(34)43)31(42)33(21,44)30(41)23(18)28(39)24(20)27(17)38/h8-11,15,18,21,26,35,38,40-41,44H,12-14H2,1-5H3,(H2,34,43)/t18-,21-,26-,33-/m0/s1. The molecule has 3 aliphatic carbocycles. The Morgan fingerprint density at radius 1 is 1.11 bits per heavy atom. The number of fused-ring (bicyclic) bond motifs is 3. The molecule has 0 spiro atoms. The molecular weight excluding hydrogens is 628 g/mol. The molecule has 0 saturated heterocycles. The van der Waals surface area contributed by atoms with Gasteiger partial charge in [0.2, 0.25) is 15.8 Å². The number of nitrogens with two attached hydrogens (primary N) is 1. The summed E-state index contributed by atoms with van der Waals surface area (Å²) in [5.74, 6) is -2.09. The number of nitrogens with zero attached hydrogens (tertiary/aromatic N) is 2. The van der Waals surface area contributed by atoms with Gasteiger partial charge in [-0.25, -0.2) is 8.42 Å². The third-order valence-corrected chi connectivity index (χ3v) is 10.5. The number of nitrogens with one attached hydrogen (secondary N) is 1. The quantitative estimate of drug-likeness (QED) is 0.188. The summed E-state index contributed by atoms with van der Waals surface area (Å²) >= 11 is 0. The van der Waals surface area contributed by atoms with Crippen molar-refractivity contribution >= 4 is 33.2 Å². The summed E-state index contributed by atoms with van der Waals surface area (Å²) in [5.41, 5.74) is 3.14. The Morgan fingerprint density at radius 2 is 1.74 bits per heavy atom. The number of benzene rings is 2. The SMILES string of the molecule is Cc1ccc(S(=O)(=O)NCC#Cc2cc(N(C)C)c3c(c2O)C(=O)C2=C(O)[C@]4(O)C(=O)C(C(N)=O)=C(O)[C@@H](N(C)C)[C@@H]4C[C@@H]2C3)cc1. The van der Waals surface area contributed by atoms with Gasteiger partial charge in [-0.2, -0.15) is 4.72 Å². The lowest BCUT2D eigenvalue weighted by atomic mass is 9.58. The molecule has 7 N–H and O–H groups in total. The summed E-state index contributed by atoms with van der Waals surface area (Å²) in [6, 6.07) is 6.73. The van der Waals surface area contributed by atoms with Gasteiger partial charge in [-0.1, -0.05) is 29.5 Å². The minimum absolute atomic E-state index is 0.00607. The van der Waals surface area contributed by atoms with Crippen LogP contribution in [0.15, 0.2) is 57.9 Å². The zero-order valence-electron chi connectivity index (χ0n) is 26.5. The maximum absolute atomic E-state index is 14.1. The van der Waals surface area contributed by atoms with Crippen LogP contribution in [0.5, 0.6) is 5.75 Å². The summed E-state index contributed by atoms with van der Waals surface area (Å²) in [6.45, 7) is 1.52. The summed E-state index contributed by atoms with van der Waals surface area (Å²) in [6.07, 6.45) is 0.0712. The second-order valence-electron chi connectivity index (χ2n) is 12.4. The van der Waals surface area contributed by atoms with Crippen LogP contribution in [0.2, 0.25) is 0 Å². The third-order valence-electron chi connectivity index (χ3n) is 9.09. The number of rotatable bonds is 6. The van der Waals surface area contributed by atoms with Gasteiger partial charge in [0, 0.05) is 31.3 Å². The van der Waals surface area contributed by atoms with Crippen molar-refractivity contribution in [1.82, 2.24) is 9.62 Å². The maximum atomic E-state index is 14.1. The number of phenols is 1. The number of carbonyl (C=O) groups excluding carboxylic acids is 3. The monoisotopic (exact) mass is 664 g/mol. The largest absolute Gasteiger partial charge is 0.510 e. The van der Waals surface area contributed by atoms with Crippen molar-refractivity contribution in [2.75, 3.05) is 39.6 Å². The van der Waals surface area contributed by atoms with E-state index in [9.17, 15) is 43.2 Å². The number of ketones is 2. The molecule has 14 heteroatoms. The van der Waals surface area contributed by atoms with Gasteiger partial charge in [0.05, 0.1) is 28.6 Å². The Morgan fingerprint density at radius 3 is 2.32 bits per heavy atom. The number of primary amides is 1. The molecule has 0 aliphatic heterocycles. The highest BCUT2D eigenvalue weighted by Gasteiger charge is 2.63. The summed E-state index contributed by atoms with van der Waals surface area (Å²) in [5, 5.41) is 45.6. The molecule has 0 radical (unpaired) electrons. The average Bonchev–Trinajstić information content (AvgIpc) is 2.97. The molecule has 0 heterocycles. The first-order valence-electron chi connectivity index (χ1n) is 14.7. The van der Waals surface area contributed by atoms with Gasteiger partial charge in [0.15, 0.2) is 11.4 Å². The van der Waals surface area contributed by atoms with E-state index in [0.717, 1.165) is 5.56 Å². The van der Waals surface area contributed by atoms with Gasteiger partial charge < -0.3 is 31.1 Å². The molecule has 0 saturated carbocycles. The number of carbonyl (C=O) groups is 3. The number of aromatic hydroxyl groups is 1. The Kier molecular flexibility index (Phi) is 8.48. The van der Waals surface area contributed by atoms with Crippen LogP contribution in [0.3, 0.4) is 0 Å². The predicted molar refractivity (Wildman–Crippen MR) is 171 cm³/mol. The number of anilines is 1. The summed E-state index contributed by atoms with van der Waals surface area (Å²) in [7, 11) is 2.71. The number of amides is 1. The normalized spacial score (nSPS) is 23.9. The fourth-order valence-electron chi connectivity index (χ4n) is 6.86. The van der Waals surface area contributed by atoms with Crippen LogP contribution in [0.25, 0.3) is 0 Å². The molecule has 5 rings (SSSR count). The first-order valence-corrected chi connectivity index (χ1v) is 16.2. The molecule has 0 fully saturated rings. The Labute approximate surface area is 272 Å². The van der Waals surface area contributed by atoms with Crippen LogP contribution in [0, 0.1) is 30.6 Å². The van der Waals surface area contributed by atoms with Crippen molar-refractivity contribution in [2.45, 2.75) is 36.3 Å². The number of allylic oxidation sites excluding steroid dienone is 1. The van der Waals surface area contributed by atoms with Crippen LogP contribution in [-0.2, 0) is 26.0 Å². The van der Waals surface area contributed by atoms with Gasteiger partial charge >= 0.3 is 0 Å². The van der Waals surface area contributed by atoms with Gasteiger partial charge in [-0.05, 0) is 63.5 Å². The molecule has 1 amide bonds. The van der Waals surface area contributed by atoms with Crippen molar-refractivity contribution in [3.8, 4) is 17.6 Å². The lowest BCUT2D eigenvalue weighted by Crippen LogP contribution is -2.63. The average molecular weight is 665 g/mol. The summed E-state index contributed by atoms with van der Waals surface area (Å²) in [4.78, 5) is 43.1. The topological polar surface area (TPSA) is 211 Å². The predicted octanol–water partition coefficient (Wildman–Crippen LogP) is 0.825. The minimum atomic E-state index is -3.86. The van der Waals surface area contributed by atoms with Gasteiger partial charge in [0.25, 0.3) is 5.91 Å². The van der Waals surface area contributed by atoms with Crippen molar-refractivity contribution < 1.29 is 43.2 Å². The van der Waals surface area contributed by atoms with E-state index in [-0.39, 0.29) is 41.0 Å². The Balaban J connectivity index is 1.57. The highest BCUT2D eigenvalue weighted by molar-refractivity contribution is 7.89. The highest BCUT2D eigenvalue weighted by Crippen LogP contribution is 2.53. The highest BCUT2D eigenvalue weighted by atomic mass is 32.2. The van der Waals surface area contributed by atoms with Crippen LogP contribution >= 0.6 is 0 Å². The van der Waals surface area contributed by atoms with Crippen LogP contribution in [-0.4, -0.2) is 97.6 Å². The van der Waals surface area contributed by atoms with Gasteiger partial charge in [-0.3, -0.25) is 19.3 Å². The second-order valence-corrected chi connectivity index (χ2v) is 14.2. The van der Waals surface area contributed by atoms with Crippen molar-refractivity contribution in [3.63, 3.8) is 0 Å². The van der Waals surface area contributed by atoms with E-state index in [4.69, 9.17) is 5.73 Å². The molecule has 2 aromatic carbocycles. The van der Waals surface area contributed by atoms with Crippen LogP contribution < -0.4 is 15.4 Å². The van der Waals surface area contributed by atoms with E-state index in [2.05, 4.69) is 16.6 Å². The number of aryl methyl sites for hydroxylation is 1. The first-order chi connectivity index (χ1) is 21.9. The van der Waals surface area contributed by atoms with Crippen molar-refractivity contribution in [2.24, 2.45) is 17.6 Å². The first kappa shape index (κ1) is 33.7. The molecule has 13 nitrogen and oxygen atoms in total. The smallest absolute Gasteiger partial charge is 0.255 e. The number of Topliss-reactive ketones (excluding diaryl/α,β-unsaturated/α-hetero) is 2. The maximum Gasteiger partial charge on any atom is 0.255 e. The van der Waals surface area contributed by atoms with Gasteiger partial charge in [0.1, 0.15) is 22.8 Å². The number of hydrogen-bond acceptors (Lipinski definition) is 11. The number of phenolic OH excluding ortho intramolecular Hbond substituents is 1.